The number of methoxy groups -OCH3 is 1. The molecule has 0 unspecified atom stereocenters. The number of hydrogen-bond donors (Lipinski definition) is 1. The molecule has 0 heterocycles. The number of benzene rings is 1. The smallest absolute Gasteiger partial charge is 0.161 e. The molecule has 144 valence electrons. The van der Waals surface area contributed by atoms with Gasteiger partial charge in [-0.25, -0.2) is 0 Å². The summed E-state index contributed by atoms with van der Waals surface area (Å²) in [6.45, 7) is 6.70. The number of rotatable bonds is 14. The molecule has 0 bridgehead atoms. The topological polar surface area (TPSA) is 29.5 Å². The fourth-order valence-corrected chi connectivity index (χ4v) is 3.46. The fraction of sp³-hybridized carbons (Fsp3) is 0.739. The van der Waals surface area contributed by atoms with Gasteiger partial charge in [-0.15, -0.1) is 0 Å². The van der Waals surface area contributed by atoms with Gasteiger partial charge in [0.1, 0.15) is 0 Å². The molecule has 1 N–H and O–H groups in total. The van der Waals surface area contributed by atoms with Crippen molar-refractivity contribution in [3.05, 3.63) is 23.3 Å². The molecule has 0 aliphatic carbocycles. The molecule has 25 heavy (non-hydrogen) atoms. The Morgan fingerprint density at radius 3 is 1.88 bits per heavy atom. The van der Waals surface area contributed by atoms with Gasteiger partial charge in [0.15, 0.2) is 11.5 Å². The molecule has 0 aliphatic heterocycles. The Balaban J connectivity index is 2.02. The Morgan fingerprint density at radius 2 is 1.36 bits per heavy atom. The van der Waals surface area contributed by atoms with Crippen molar-refractivity contribution in [2.45, 2.75) is 97.8 Å². The highest BCUT2D eigenvalue weighted by molar-refractivity contribution is 5.49. The van der Waals surface area contributed by atoms with E-state index in [0.717, 1.165) is 29.9 Å². The van der Waals surface area contributed by atoms with Gasteiger partial charge in [0.25, 0.3) is 0 Å². The lowest BCUT2D eigenvalue weighted by atomic mass is 9.99. The van der Waals surface area contributed by atoms with Gasteiger partial charge in [0.2, 0.25) is 0 Å². The Kier molecular flexibility index (Phi) is 11.4. The molecule has 0 saturated carbocycles. The molecular formula is C23H40O2. The molecule has 2 heteroatoms. The average Bonchev–Trinajstić information content (AvgIpc) is 2.58. The maximum atomic E-state index is 10.2. The quantitative estimate of drug-likeness (QED) is 0.360. The number of ether oxygens (including phenoxy) is 1. The molecule has 0 amide bonds. The lowest BCUT2D eigenvalue weighted by Crippen LogP contribution is -1.94. The minimum Gasteiger partial charge on any atom is -0.504 e. The Hall–Kier alpha value is -1.18. The largest absolute Gasteiger partial charge is 0.504 e. The molecule has 0 saturated heterocycles. The molecule has 2 nitrogen and oxygen atoms in total. The summed E-state index contributed by atoms with van der Waals surface area (Å²) >= 11 is 0. The van der Waals surface area contributed by atoms with Gasteiger partial charge in [-0.05, 0) is 37.3 Å². The van der Waals surface area contributed by atoms with Crippen LogP contribution in [0.15, 0.2) is 12.1 Å². The summed E-state index contributed by atoms with van der Waals surface area (Å²) in [4.78, 5) is 0. The molecule has 0 aliphatic rings. The maximum Gasteiger partial charge on any atom is 0.161 e. The molecule has 1 aromatic carbocycles. The van der Waals surface area contributed by atoms with Crippen LogP contribution in [0.3, 0.4) is 0 Å². The van der Waals surface area contributed by atoms with E-state index >= 15 is 0 Å². The first-order chi connectivity index (χ1) is 12.1. The Labute approximate surface area is 156 Å². The minimum atomic E-state index is 0.333. The predicted octanol–water partition coefficient (Wildman–Crippen LogP) is 7.20. The molecule has 1 rings (SSSR count). The van der Waals surface area contributed by atoms with E-state index in [1.165, 1.54) is 64.2 Å². The number of phenols is 1. The van der Waals surface area contributed by atoms with Crippen LogP contribution >= 0.6 is 0 Å². The second-order valence-electron chi connectivity index (χ2n) is 7.88. The normalized spacial score (nSPS) is 11.2. The zero-order valence-corrected chi connectivity index (χ0v) is 17.1. The Bertz CT molecular complexity index is 465. The third kappa shape index (κ3) is 9.18. The van der Waals surface area contributed by atoms with Gasteiger partial charge in [-0.2, -0.15) is 0 Å². The van der Waals surface area contributed by atoms with E-state index in [1.807, 2.05) is 12.1 Å². The summed E-state index contributed by atoms with van der Waals surface area (Å²) in [5.41, 5.74) is 2.22. The van der Waals surface area contributed by atoms with Crippen LogP contribution in [0.5, 0.6) is 11.5 Å². The first-order valence-electron chi connectivity index (χ1n) is 10.4. The van der Waals surface area contributed by atoms with Crippen molar-refractivity contribution < 1.29 is 9.84 Å². The summed E-state index contributed by atoms with van der Waals surface area (Å²) in [7, 11) is 1.61. The molecule has 0 atom stereocenters. The summed E-state index contributed by atoms with van der Waals surface area (Å²) in [5.74, 6) is 1.79. The third-order valence-electron chi connectivity index (χ3n) is 5.16. The predicted molar refractivity (Wildman–Crippen MR) is 109 cm³/mol. The highest BCUT2D eigenvalue weighted by atomic mass is 16.5. The monoisotopic (exact) mass is 348 g/mol. The van der Waals surface area contributed by atoms with Gasteiger partial charge in [-0.3, -0.25) is 0 Å². The average molecular weight is 349 g/mol. The van der Waals surface area contributed by atoms with Crippen LogP contribution in [0.25, 0.3) is 0 Å². The van der Waals surface area contributed by atoms with E-state index in [2.05, 4.69) is 20.8 Å². The molecule has 0 aromatic heterocycles. The summed E-state index contributed by atoms with van der Waals surface area (Å²) in [6, 6.07) is 3.88. The maximum absolute atomic E-state index is 10.2. The molecule has 0 fully saturated rings. The standard InChI is InChI=1S/C23H40O2/c1-19(2)15-13-11-9-7-5-6-8-10-12-14-16-21-20(3)17-18-22(25-4)23(21)24/h17-19,24H,5-16H2,1-4H3. The van der Waals surface area contributed by atoms with Gasteiger partial charge in [0.05, 0.1) is 7.11 Å². The van der Waals surface area contributed by atoms with Crippen LogP contribution in [0.1, 0.15) is 95.6 Å². The van der Waals surface area contributed by atoms with Gasteiger partial charge in [0, 0.05) is 5.56 Å². The highest BCUT2D eigenvalue weighted by Crippen LogP contribution is 2.33. The van der Waals surface area contributed by atoms with Crippen LogP contribution in [0.2, 0.25) is 0 Å². The summed E-state index contributed by atoms with van der Waals surface area (Å²) in [6.07, 6.45) is 15.9. The van der Waals surface area contributed by atoms with E-state index in [-0.39, 0.29) is 0 Å². The van der Waals surface area contributed by atoms with Crippen molar-refractivity contribution in [3.8, 4) is 11.5 Å². The number of hydrogen-bond acceptors (Lipinski definition) is 2. The lowest BCUT2D eigenvalue weighted by Gasteiger charge is -2.12. The van der Waals surface area contributed by atoms with Gasteiger partial charge < -0.3 is 9.84 Å². The second kappa shape index (κ2) is 13.1. The number of phenolic OH excluding ortho intramolecular Hbond substituents is 1. The summed E-state index contributed by atoms with van der Waals surface area (Å²) in [5, 5.41) is 10.2. The van der Waals surface area contributed by atoms with E-state index in [4.69, 9.17) is 4.74 Å². The fourth-order valence-electron chi connectivity index (χ4n) is 3.46. The van der Waals surface area contributed by atoms with E-state index in [9.17, 15) is 5.11 Å². The van der Waals surface area contributed by atoms with Gasteiger partial charge in [-0.1, -0.05) is 84.1 Å². The van der Waals surface area contributed by atoms with E-state index in [1.54, 1.807) is 7.11 Å². The first-order valence-corrected chi connectivity index (χ1v) is 10.4. The van der Waals surface area contributed by atoms with Crippen LogP contribution in [-0.2, 0) is 6.42 Å². The molecule has 0 spiro atoms. The lowest BCUT2D eigenvalue weighted by molar-refractivity contribution is 0.370. The number of aryl methyl sites for hydroxylation is 1. The minimum absolute atomic E-state index is 0.333. The van der Waals surface area contributed by atoms with Crippen LogP contribution in [0, 0.1) is 12.8 Å². The highest BCUT2D eigenvalue weighted by Gasteiger charge is 2.10. The molecule has 1 aromatic rings. The van der Waals surface area contributed by atoms with Crippen molar-refractivity contribution in [2.75, 3.05) is 7.11 Å². The third-order valence-corrected chi connectivity index (χ3v) is 5.16. The van der Waals surface area contributed by atoms with Crippen LogP contribution in [-0.4, -0.2) is 12.2 Å². The molecule has 0 radical (unpaired) electrons. The van der Waals surface area contributed by atoms with Gasteiger partial charge >= 0.3 is 0 Å². The van der Waals surface area contributed by atoms with Crippen molar-refractivity contribution in [2.24, 2.45) is 5.92 Å². The second-order valence-corrected chi connectivity index (χ2v) is 7.88. The van der Waals surface area contributed by atoms with Crippen LogP contribution < -0.4 is 4.74 Å². The SMILES string of the molecule is COc1ccc(C)c(CCCCCCCCCCCCC(C)C)c1O. The zero-order chi connectivity index (χ0) is 18.5. The van der Waals surface area contributed by atoms with E-state index < -0.39 is 0 Å². The van der Waals surface area contributed by atoms with Crippen LogP contribution in [0.4, 0.5) is 0 Å². The Morgan fingerprint density at radius 1 is 0.840 bits per heavy atom. The number of aromatic hydroxyl groups is 1. The van der Waals surface area contributed by atoms with Crippen molar-refractivity contribution in [3.63, 3.8) is 0 Å². The molecular weight excluding hydrogens is 308 g/mol. The summed E-state index contributed by atoms with van der Waals surface area (Å²) < 4.78 is 5.21. The van der Waals surface area contributed by atoms with Crippen molar-refractivity contribution >= 4 is 0 Å². The van der Waals surface area contributed by atoms with Crippen molar-refractivity contribution in [1.82, 2.24) is 0 Å². The first kappa shape index (κ1) is 21.9. The van der Waals surface area contributed by atoms with Crippen molar-refractivity contribution in [1.29, 1.82) is 0 Å². The number of unbranched alkanes of at least 4 members (excludes halogenated alkanes) is 9. The zero-order valence-electron chi connectivity index (χ0n) is 17.1. The van der Waals surface area contributed by atoms with E-state index in [0.29, 0.717) is 11.5 Å².